The standard InChI is InChI=1S/C23H23N7S/c1-30-16(10-13-23(25)11-6-3-7-12-23)28-17(15-8-4-2-5-9-15)19(30)22-29-18-20(24)26-14-27-21(18)31-22/h2,4-5,8-9,14H,3,6-7,11-12,25H2,1H3,(H2,24,26,27). The highest BCUT2D eigenvalue weighted by molar-refractivity contribution is 7.21. The summed E-state index contributed by atoms with van der Waals surface area (Å²) in [7, 11) is 1.96. The highest BCUT2D eigenvalue weighted by Crippen LogP contribution is 2.37. The van der Waals surface area contributed by atoms with Gasteiger partial charge >= 0.3 is 0 Å². The molecule has 1 aliphatic carbocycles. The van der Waals surface area contributed by atoms with Crippen LogP contribution in [0.3, 0.4) is 0 Å². The van der Waals surface area contributed by atoms with E-state index in [9.17, 15) is 0 Å². The van der Waals surface area contributed by atoms with Gasteiger partial charge in [0.15, 0.2) is 11.6 Å². The molecule has 5 rings (SSSR count). The number of imidazole rings is 1. The Bertz CT molecular complexity index is 1300. The fraction of sp³-hybridized carbons (Fsp3) is 0.304. The van der Waals surface area contributed by atoms with Crippen LogP contribution in [0.2, 0.25) is 0 Å². The summed E-state index contributed by atoms with van der Waals surface area (Å²) in [5.41, 5.74) is 15.4. The summed E-state index contributed by atoms with van der Waals surface area (Å²) in [6.45, 7) is 0. The van der Waals surface area contributed by atoms with Gasteiger partial charge in [-0.2, -0.15) is 0 Å². The maximum absolute atomic E-state index is 6.54. The van der Waals surface area contributed by atoms with Crippen molar-refractivity contribution in [3.05, 3.63) is 42.5 Å². The Kier molecular flexibility index (Phi) is 4.93. The van der Waals surface area contributed by atoms with Gasteiger partial charge in [0.1, 0.15) is 33.1 Å². The number of nitrogens with two attached hydrogens (primary N) is 2. The molecule has 1 fully saturated rings. The van der Waals surface area contributed by atoms with Gasteiger partial charge < -0.3 is 16.0 Å². The maximum atomic E-state index is 6.54. The molecule has 0 unspecified atom stereocenters. The number of aromatic nitrogens is 5. The lowest BCUT2D eigenvalue weighted by atomic mass is 9.83. The Morgan fingerprint density at radius 2 is 1.84 bits per heavy atom. The van der Waals surface area contributed by atoms with Gasteiger partial charge in [-0.3, -0.25) is 0 Å². The van der Waals surface area contributed by atoms with Crippen molar-refractivity contribution in [2.24, 2.45) is 12.8 Å². The highest BCUT2D eigenvalue weighted by atomic mass is 32.1. The number of rotatable bonds is 2. The van der Waals surface area contributed by atoms with Gasteiger partial charge in [0.2, 0.25) is 0 Å². The second-order valence-corrected chi connectivity index (χ2v) is 8.93. The molecule has 4 N–H and O–H groups in total. The van der Waals surface area contributed by atoms with Crippen LogP contribution in [0.5, 0.6) is 0 Å². The SMILES string of the molecule is Cn1c(C#CC2(N)CCCCC2)nc(-c2ccccc2)c1-c1nc2c(N)ncnc2s1. The monoisotopic (exact) mass is 429 g/mol. The van der Waals surface area contributed by atoms with Crippen LogP contribution in [-0.2, 0) is 7.05 Å². The first-order valence-electron chi connectivity index (χ1n) is 10.4. The zero-order valence-corrected chi connectivity index (χ0v) is 18.1. The molecule has 7 nitrogen and oxygen atoms in total. The molecule has 1 saturated carbocycles. The van der Waals surface area contributed by atoms with E-state index in [1.807, 2.05) is 41.9 Å². The molecule has 0 spiro atoms. The van der Waals surface area contributed by atoms with E-state index in [0.29, 0.717) is 17.2 Å². The van der Waals surface area contributed by atoms with Crippen LogP contribution < -0.4 is 11.5 Å². The van der Waals surface area contributed by atoms with Crippen LogP contribution in [0.25, 0.3) is 32.3 Å². The van der Waals surface area contributed by atoms with Crippen LogP contribution in [0.15, 0.2) is 36.7 Å². The van der Waals surface area contributed by atoms with E-state index in [0.717, 1.165) is 52.5 Å². The number of hydrogen-bond acceptors (Lipinski definition) is 7. The van der Waals surface area contributed by atoms with Crippen molar-refractivity contribution in [3.63, 3.8) is 0 Å². The fourth-order valence-electron chi connectivity index (χ4n) is 4.01. The lowest BCUT2D eigenvalue weighted by molar-refractivity contribution is 0.370. The van der Waals surface area contributed by atoms with Crippen LogP contribution in [0, 0.1) is 11.8 Å². The molecule has 0 amide bonds. The molecular formula is C23H23N7S. The van der Waals surface area contributed by atoms with Crippen LogP contribution in [0.1, 0.15) is 37.9 Å². The second kappa shape index (κ2) is 7.76. The first-order chi connectivity index (χ1) is 15.0. The molecule has 0 saturated heterocycles. The molecular weight excluding hydrogens is 406 g/mol. The minimum atomic E-state index is -0.433. The topological polar surface area (TPSA) is 109 Å². The van der Waals surface area contributed by atoms with Crippen molar-refractivity contribution in [3.8, 4) is 33.8 Å². The number of hydrogen-bond donors (Lipinski definition) is 2. The normalized spacial score (nSPS) is 15.5. The lowest BCUT2D eigenvalue weighted by Gasteiger charge is -2.27. The van der Waals surface area contributed by atoms with E-state index in [-0.39, 0.29) is 0 Å². The van der Waals surface area contributed by atoms with Crippen LogP contribution in [0.4, 0.5) is 5.82 Å². The Hall–Kier alpha value is -3.28. The highest BCUT2D eigenvalue weighted by Gasteiger charge is 2.26. The number of anilines is 1. The summed E-state index contributed by atoms with van der Waals surface area (Å²) in [5, 5.41) is 0.782. The minimum absolute atomic E-state index is 0.373. The molecule has 0 atom stereocenters. The Morgan fingerprint density at radius 3 is 2.58 bits per heavy atom. The number of nitrogen functional groups attached to an aromatic ring is 1. The van der Waals surface area contributed by atoms with Crippen molar-refractivity contribution in [2.75, 3.05) is 5.73 Å². The average Bonchev–Trinajstić information content (AvgIpc) is 3.35. The van der Waals surface area contributed by atoms with Crippen molar-refractivity contribution >= 4 is 27.5 Å². The first kappa shape index (κ1) is 19.7. The van der Waals surface area contributed by atoms with Gasteiger partial charge in [0.25, 0.3) is 0 Å². The average molecular weight is 430 g/mol. The van der Waals surface area contributed by atoms with E-state index in [4.69, 9.17) is 21.4 Å². The van der Waals surface area contributed by atoms with Crippen molar-refractivity contribution in [2.45, 2.75) is 37.6 Å². The number of thiazole rings is 1. The smallest absolute Gasteiger partial charge is 0.186 e. The Labute approximate surface area is 184 Å². The number of fused-ring (bicyclic) bond motifs is 1. The molecule has 1 aromatic carbocycles. The Morgan fingerprint density at radius 1 is 1.06 bits per heavy atom. The zero-order valence-electron chi connectivity index (χ0n) is 17.3. The minimum Gasteiger partial charge on any atom is -0.382 e. The molecule has 31 heavy (non-hydrogen) atoms. The first-order valence-corrected chi connectivity index (χ1v) is 11.2. The fourth-order valence-corrected chi connectivity index (χ4v) is 5.01. The maximum Gasteiger partial charge on any atom is 0.186 e. The third kappa shape index (κ3) is 3.67. The van der Waals surface area contributed by atoms with Crippen LogP contribution in [-0.4, -0.2) is 30.0 Å². The van der Waals surface area contributed by atoms with Gasteiger partial charge in [0.05, 0.1) is 5.54 Å². The van der Waals surface area contributed by atoms with E-state index in [1.54, 1.807) is 0 Å². The summed E-state index contributed by atoms with van der Waals surface area (Å²) in [4.78, 5) is 18.8. The summed E-state index contributed by atoms with van der Waals surface area (Å²) in [5.74, 6) is 7.63. The van der Waals surface area contributed by atoms with E-state index in [1.165, 1.54) is 24.1 Å². The molecule has 3 aromatic heterocycles. The van der Waals surface area contributed by atoms with Gasteiger partial charge in [-0.1, -0.05) is 66.9 Å². The van der Waals surface area contributed by atoms with Crippen molar-refractivity contribution < 1.29 is 0 Å². The summed E-state index contributed by atoms with van der Waals surface area (Å²) >= 11 is 1.47. The van der Waals surface area contributed by atoms with Gasteiger partial charge in [-0.05, 0) is 18.8 Å². The van der Waals surface area contributed by atoms with E-state index in [2.05, 4.69) is 21.8 Å². The molecule has 156 valence electrons. The largest absolute Gasteiger partial charge is 0.382 e. The zero-order chi connectivity index (χ0) is 21.4. The predicted octanol–water partition coefficient (Wildman–Crippen LogP) is 3.75. The molecule has 4 aromatic rings. The molecule has 0 radical (unpaired) electrons. The third-order valence-electron chi connectivity index (χ3n) is 5.74. The summed E-state index contributed by atoms with van der Waals surface area (Å²) in [6.07, 6.45) is 6.80. The molecule has 8 heteroatoms. The Balaban J connectivity index is 1.67. The van der Waals surface area contributed by atoms with E-state index < -0.39 is 5.54 Å². The number of benzene rings is 1. The van der Waals surface area contributed by atoms with Gasteiger partial charge in [-0.15, -0.1) is 0 Å². The van der Waals surface area contributed by atoms with Gasteiger partial charge in [-0.25, -0.2) is 19.9 Å². The summed E-state index contributed by atoms with van der Waals surface area (Å²) < 4.78 is 1.99. The molecule has 0 bridgehead atoms. The lowest BCUT2D eigenvalue weighted by Crippen LogP contribution is -2.40. The second-order valence-electron chi connectivity index (χ2n) is 7.96. The van der Waals surface area contributed by atoms with E-state index >= 15 is 0 Å². The number of nitrogens with zero attached hydrogens (tertiary/aromatic N) is 5. The van der Waals surface area contributed by atoms with Crippen molar-refractivity contribution in [1.82, 2.24) is 24.5 Å². The third-order valence-corrected chi connectivity index (χ3v) is 6.71. The quantitative estimate of drug-likeness (QED) is 0.470. The van der Waals surface area contributed by atoms with Gasteiger partial charge in [0, 0.05) is 12.6 Å². The predicted molar refractivity (Wildman–Crippen MR) is 124 cm³/mol. The van der Waals surface area contributed by atoms with Crippen LogP contribution >= 0.6 is 11.3 Å². The molecule has 1 aliphatic rings. The summed E-state index contributed by atoms with van der Waals surface area (Å²) in [6, 6.07) is 10.1. The molecule has 3 heterocycles. The van der Waals surface area contributed by atoms with Crippen molar-refractivity contribution in [1.29, 1.82) is 0 Å². The molecule has 0 aliphatic heterocycles.